The Morgan fingerprint density at radius 2 is 2.46 bits per heavy atom. The van der Waals surface area contributed by atoms with Gasteiger partial charge in [0.05, 0.1) is 0 Å². The fourth-order valence-corrected chi connectivity index (χ4v) is 1.62. The molecule has 3 nitrogen and oxygen atoms in total. The van der Waals surface area contributed by atoms with Crippen LogP contribution in [0.2, 0.25) is 0 Å². The Balaban J connectivity index is 2.59. The van der Waals surface area contributed by atoms with Crippen LogP contribution in [0.1, 0.15) is 32.6 Å². The van der Waals surface area contributed by atoms with E-state index in [4.69, 9.17) is 11.1 Å². The summed E-state index contributed by atoms with van der Waals surface area (Å²) >= 11 is 0. The van der Waals surface area contributed by atoms with Crippen molar-refractivity contribution in [2.75, 3.05) is 6.54 Å². The van der Waals surface area contributed by atoms with Crippen molar-refractivity contribution in [3.05, 3.63) is 11.3 Å². The first-order valence-electron chi connectivity index (χ1n) is 4.99. The molecule has 74 valence electrons. The molecule has 0 spiro atoms. The van der Waals surface area contributed by atoms with Crippen LogP contribution in [0.5, 0.6) is 0 Å². The van der Waals surface area contributed by atoms with Gasteiger partial charge in [-0.1, -0.05) is 6.92 Å². The molecule has 1 rings (SSSR count). The van der Waals surface area contributed by atoms with E-state index in [1.165, 1.54) is 11.9 Å². The minimum atomic E-state index is 0.253. The van der Waals surface area contributed by atoms with E-state index in [2.05, 4.69) is 12.2 Å². The number of allylic oxidation sites excluding steroid dienone is 1. The summed E-state index contributed by atoms with van der Waals surface area (Å²) in [7, 11) is 0. The van der Waals surface area contributed by atoms with E-state index >= 15 is 0 Å². The first kappa shape index (κ1) is 10.3. The molecule has 0 radical (unpaired) electrons. The third-order valence-electron chi connectivity index (χ3n) is 2.40. The second-order valence-electron chi connectivity index (χ2n) is 3.58. The third kappa shape index (κ3) is 2.84. The number of nitrogens with one attached hydrogen (secondary N) is 2. The molecule has 3 heteroatoms. The average Bonchev–Trinajstić information content (AvgIpc) is 2.16. The number of hydrogen-bond acceptors (Lipinski definition) is 3. The first-order valence-corrected chi connectivity index (χ1v) is 4.99. The fourth-order valence-electron chi connectivity index (χ4n) is 1.62. The molecule has 0 amide bonds. The molecule has 4 N–H and O–H groups in total. The fraction of sp³-hybridized carbons (Fsp3) is 0.700. The molecule has 0 aromatic carbocycles. The summed E-state index contributed by atoms with van der Waals surface area (Å²) in [5, 5.41) is 10.6. The summed E-state index contributed by atoms with van der Waals surface area (Å²) in [5.74, 6) is 0. The lowest BCUT2D eigenvalue weighted by Crippen LogP contribution is -2.29. The van der Waals surface area contributed by atoms with Crippen LogP contribution in [-0.2, 0) is 0 Å². The van der Waals surface area contributed by atoms with Gasteiger partial charge < -0.3 is 16.5 Å². The van der Waals surface area contributed by atoms with E-state index in [0.717, 1.165) is 37.8 Å². The van der Waals surface area contributed by atoms with E-state index in [-0.39, 0.29) is 6.04 Å². The van der Waals surface area contributed by atoms with Crippen LogP contribution in [0, 0.1) is 5.41 Å². The van der Waals surface area contributed by atoms with Crippen LogP contribution in [-0.4, -0.2) is 18.8 Å². The smallest absolute Gasteiger partial charge is 0.0227 e. The summed E-state index contributed by atoms with van der Waals surface area (Å²) in [4.78, 5) is 0. The van der Waals surface area contributed by atoms with Crippen molar-refractivity contribution in [1.29, 1.82) is 5.41 Å². The van der Waals surface area contributed by atoms with Gasteiger partial charge in [0.1, 0.15) is 0 Å². The monoisotopic (exact) mass is 181 g/mol. The molecule has 0 aliphatic heterocycles. The van der Waals surface area contributed by atoms with Crippen LogP contribution in [0.3, 0.4) is 0 Å². The molecule has 1 unspecified atom stereocenters. The van der Waals surface area contributed by atoms with Gasteiger partial charge in [0, 0.05) is 24.5 Å². The Kier molecular flexibility index (Phi) is 3.96. The van der Waals surface area contributed by atoms with E-state index in [1.807, 2.05) is 0 Å². The molecule has 0 heterocycles. The standard InChI is InChI=1S/C10H19N3/c1-2-5-13-10-4-3-9(12)6-8(10)7-11/h7,9,11,13H,2-6,12H2,1H3. The molecule has 0 aromatic heterocycles. The maximum absolute atomic E-state index is 7.27. The minimum absolute atomic E-state index is 0.253. The second-order valence-corrected chi connectivity index (χ2v) is 3.58. The van der Waals surface area contributed by atoms with Crippen molar-refractivity contribution in [2.45, 2.75) is 38.6 Å². The van der Waals surface area contributed by atoms with Crippen molar-refractivity contribution < 1.29 is 0 Å². The van der Waals surface area contributed by atoms with Gasteiger partial charge in [-0.05, 0) is 31.3 Å². The normalized spacial score (nSPS) is 23.1. The molecule has 1 atom stereocenters. The lowest BCUT2D eigenvalue weighted by molar-refractivity contribution is 0.552. The predicted molar refractivity (Wildman–Crippen MR) is 55.9 cm³/mol. The summed E-state index contributed by atoms with van der Waals surface area (Å²) in [5.41, 5.74) is 8.15. The minimum Gasteiger partial charge on any atom is -0.388 e. The Hall–Kier alpha value is -0.830. The van der Waals surface area contributed by atoms with E-state index in [1.54, 1.807) is 0 Å². The quantitative estimate of drug-likeness (QED) is 0.574. The van der Waals surface area contributed by atoms with Crippen LogP contribution < -0.4 is 11.1 Å². The molecule has 0 saturated heterocycles. The van der Waals surface area contributed by atoms with Gasteiger partial charge in [-0.2, -0.15) is 0 Å². The third-order valence-corrected chi connectivity index (χ3v) is 2.40. The van der Waals surface area contributed by atoms with E-state index < -0.39 is 0 Å². The lowest BCUT2D eigenvalue weighted by Gasteiger charge is -2.23. The van der Waals surface area contributed by atoms with Gasteiger partial charge in [0.25, 0.3) is 0 Å². The first-order chi connectivity index (χ1) is 6.27. The van der Waals surface area contributed by atoms with Gasteiger partial charge in [-0.3, -0.25) is 0 Å². The van der Waals surface area contributed by atoms with Crippen LogP contribution in [0.4, 0.5) is 0 Å². The van der Waals surface area contributed by atoms with Crippen molar-refractivity contribution in [2.24, 2.45) is 5.73 Å². The van der Waals surface area contributed by atoms with Gasteiger partial charge in [-0.15, -0.1) is 0 Å². The predicted octanol–water partition coefficient (Wildman–Crippen LogP) is 1.40. The summed E-state index contributed by atoms with van der Waals surface area (Å²) in [6.07, 6.45) is 5.47. The van der Waals surface area contributed by atoms with E-state index in [9.17, 15) is 0 Å². The zero-order valence-corrected chi connectivity index (χ0v) is 8.27. The van der Waals surface area contributed by atoms with Crippen LogP contribution >= 0.6 is 0 Å². The lowest BCUT2D eigenvalue weighted by atomic mass is 9.93. The Morgan fingerprint density at radius 3 is 3.08 bits per heavy atom. The highest BCUT2D eigenvalue weighted by molar-refractivity contribution is 5.77. The highest BCUT2D eigenvalue weighted by Crippen LogP contribution is 2.20. The Bertz CT molecular complexity index is 208. The van der Waals surface area contributed by atoms with Crippen molar-refractivity contribution in [1.82, 2.24) is 5.32 Å². The van der Waals surface area contributed by atoms with Gasteiger partial charge in [-0.25, -0.2) is 0 Å². The van der Waals surface area contributed by atoms with Gasteiger partial charge in [0.15, 0.2) is 0 Å². The molecular formula is C10H19N3. The average molecular weight is 181 g/mol. The van der Waals surface area contributed by atoms with Crippen molar-refractivity contribution in [3.63, 3.8) is 0 Å². The molecule has 0 aromatic rings. The van der Waals surface area contributed by atoms with Crippen molar-refractivity contribution in [3.8, 4) is 0 Å². The molecule has 1 aliphatic carbocycles. The topological polar surface area (TPSA) is 61.9 Å². The Labute approximate surface area is 79.9 Å². The number of nitrogens with two attached hydrogens (primary N) is 1. The molecule has 0 saturated carbocycles. The molecule has 0 fully saturated rings. The number of rotatable bonds is 4. The number of hydrogen-bond donors (Lipinski definition) is 3. The van der Waals surface area contributed by atoms with E-state index in [0.29, 0.717) is 0 Å². The zero-order valence-electron chi connectivity index (χ0n) is 8.27. The molecule has 1 aliphatic rings. The van der Waals surface area contributed by atoms with Crippen LogP contribution in [0.25, 0.3) is 0 Å². The largest absolute Gasteiger partial charge is 0.388 e. The second kappa shape index (κ2) is 5.02. The molecule has 0 bridgehead atoms. The van der Waals surface area contributed by atoms with Crippen LogP contribution in [0.15, 0.2) is 11.3 Å². The summed E-state index contributed by atoms with van der Waals surface area (Å²) < 4.78 is 0. The summed E-state index contributed by atoms with van der Waals surface area (Å²) in [6, 6.07) is 0.253. The maximum Gasteiger partial charge on any atom is 0.0227 e. The summed E-state index contributed by atoms with van der Waals surface area (Å²) in [6.45, 7) is 3.15. The maximum atomic E-state index is 7.27. The highest BCUT2D eigenvalue weighted by atomic mass is 14.9. The Morgan fingerprint density at radius 1 is 1.69 bits per heavy atom. The SMILES string of the molecule is CCCNC1=C(C=N)CC(N)CC1. The van der Waals surface area contributed by atoms with Gasteiger partial charge in [0.2, 0.25) is 0 Å². The highest BCUT2D eigenvalue weighted by Gasteiger charge is 2.16. The molecule has 13 heavy (non-hydrogen) atoms. The zero-order chi connectivity index (χ0) is 9.68. The van der Waals surface area contributed by atoms with Gasteiger partial charge >= 0.3 is 0 Å². The molecular weight excluding hydrogens is 162 g/mol. The van der Waals surface area contributed by atoms with Crippen molar-refractivity contribution >= 4 is 6.21 Å².